The molecule has 4 nitrogen and oxygen atoms in total. The maximum Gasteiger partial charge on any atom is 0.243 e. The molecule has 1 saturated carbocycles. The van der Waals surface area contributed by atoms with Gasteiger partial charge in [-0.3, -0.25) is 9.59 Å². The molecule has 2 aromatic carbocycles. The van der Waals surface area contributed by atoms with Gasteiger partial charge in [-0.1, -0.05) is 45.8 Å². The lowest BCUT2D eigenvalue weighted by Gasteiger charge is -2.17. The number of rotatable bonds is 5. The Morgan fingerprint density at radius 3 is 2.60 bits per heavy atom. The molecule has 0 heterocycles. The minimum Gasteiger partial charge on any atom is -0.336 e. The van der Waals surface area contributed by atoms with E-state index < -0.39 is 0 Å². The van der Waals surface area contributed by atoms with Crippen molar-refractivity contribution in [1.82, 2.24) is 4.90 Å². The second-order valence-electron chi connectivity index (χ2n) is 6.61. The molecule has 2 aromatic rings. The number of anilines is 1. The zero-order valence-corrected chi connectivity index (χ0v) is 15.9. The molecular formula is C20H21BrN2O2. The molecule has 1 aliphatic rings. The van der Waals surface area contributed by atoms with E-state index in [0.717, 1.165) is 22.1 Å². The van der Waals surface area contributed by atoms with Crippen LogP contribution < -0.4 is 5.32 Å². The normalized spacial score (nSPS) is 18.5. The molecule has 1 fully saturated rings. The Bertz CT molecular complexity index is 789. The van der Waals surface area contributed by atoms with Crippen LogP contribution in [0.5, 0.6) is 0 Å². The largest absolute Gasteiger partial charge is 0.336 e. The quantitative estimate of drug-likeness (QED) is 0.825. The Morgan fingerprint density at radius 1 is 1.20 bits per heavy atom. The van der Waals surface area contributed by atoms with Crippen LogP contribution in [-0.2, 0) is 9.59 Å². The van der Waals surface area contributed by atoms with Crippen LogP contribution in [0, 0.1) is 12.8 Å². The number of amides is 2. The molecule has 3 rings (SSSR count). The minimum absolute atomic E-state index is 0.0218. The molecule has 0 radical (unpaired) electrons. The summed E-state index contributed by atoms with van der Waals surface area (Å²) in [6.45, 7) is 2.06. The lowest BCUT2D eigenvalue weighted by molar-refractivity contribution is -0.134. The van der Waals surface area contributed by atoms with E-state index in [2.05, 4.69) is 27.3 Å². The first-order chi connectivity index (χ1) is 11.9. The molecule has 0 saturated heterocycles. The lowest BCUT2D eigenvalue weighted by Crippen LogP contribution is -2.36. The van der Waals surface area contributed by atoms with Crippen LogP contribution in [0.25, 0.3) is 0 Å². The van der Waals surface area contributed by atoms with E-state index in [9.17, 15) is 9.59 Å². The van der Waals surface area contributed by atoms with E-state index in [1.54, 1.807) is 7.05 Å². The summed E-state index contributed by atoms with van der Waals surface area (Å²) < 4.78 is 1.02. The molecule has 130 valence electrons. The number of benzene rings is 2. The van der Waals surface area contributed by atoms with Crippen molar-refractivity contribution in [3.63, 3.8) is 0 Å². The van der Waals surface area contributed by atoms with Gasteiger partial charge in [-0.25, -0.2) is 0 Å². The number of nitrogens with zero attached hydrogens (tertiary/aromatic N) is 1. The van der Waals surface area contributed by atoms with Gasteiger partial charge in [0.05, 0.1) is 6.54 Å². The van der Waals surface area contributed by atoms with Crippen LogP contribution in [0.15, 0.2) is 53.0 Å². The zero-order valence-electron chi connectivity index (χ0n) is 14.3. The number of likely N-dealkylation sites (N-methyl/N-ethyl adjacent to an activating group) is 1. The van der Waals surface area contributed by atoms with Gasteiger partial charge in [0.1, 0.15) is 0 Å². The van der Waals surface area contributed by atoms with Gasteiger partial charge in [0.15, 0.2) is 0 Å². The van der Waals surface area contributed by atoms with Crippen molar-refractivity contribution in [3.8, 4) is 0 Å². The van der Waals surface area contributed by atoms with Gasteiger partial charge in [-0.2, -0.15) is 0 Å². The van der Waals surface area contributed by atoms with Crippen LogP contribution in [0.1, 0.15) is 23.5 Å². The Balaban J connectivity index is 1.53. The average molecular weight is 401 g/mol. The maximum absolute atomic E-state index is 12.5. The smallest absolute Gasteiger partial charge is 0.243 e. The second-order valence-corrected chi connectivity index (χ2v) is 7.53. The Labute approximate surface area is 156 Å². The van der Waals surface area contributed by atoms with Crippen LogP contribution in [0.3, 0.4) is 0 Å². The third-order valence-corrected chi connectivity index (χ3v) is 4.97. The van der Waals surface area contributed by atoms with Crippen molar-refractivity contribution in [2.75, 3.05) is 18.9 Å². The number of nitrogens with one attached hydrogen (secondary N) is 1. The van der Waals surface area contributed by atoms with Crippen LogP contribution in [0.2, 0.25) is 0 Å². The van der Waals surface area contributed by atoms with Crippen LogP contribution in [0.4, 0.5) is 5.69 Å². The summed E-state index contributed by atoms with van der Waals surface area (Å²) in [5.41, 5.74) is 3.05. The zero-order chi connectivity index (χ0) is 18.0. The van der Waals surface area contributed by atoms with E-state index in [1.807, 2.05) is 49.4 Å². The molecule has 0 bridgehead atoms. The van der Waals surface area contributed by atoms with Crippen molar-refractivity contribution in [2.45, 2.75) is 19.3 Å². The van der Waals surface area contributed by atoms with Crippen molar-refractivity contribution in [2.24, 2.45) is 5.92 Å². The molecule has 5 heteroatoms. The van der Waals surface area contributed by atoms with Gasteiger partial charge in [0, 0.05) is 23.1 Å². The summed E-state index contributed by atoms with van der Waals surface area (Å²) in [4.78, 5) is 26.2. The molecule has 2 unspecified atom stereocenters. The van der Waals surface area contributed by atoms with E-state index in [1.165, 1.54) is 10.5 Å². The fraction of sp³-hybridized carbons (Fsp3) is 0.300. The Morgan fingerprint density at radius 2 is 1.92 bits per heavy atom. The molecule has 0 spiro atoms. The summed E-state index contributed by atoms with van der Waals surface area (Å²) >= 11 is 3.46. The molecule has 1 aliphatic carbocycles. The highest BCUT2D eigenvalue weighted by Gasteiger charge is 2.45. The summed E-state index contributed by atoms with van der Waals surface area (Å²) in [6, 6.07) is 15.7. The number of carbonyl (C=O) groups excluding carboxylic acids is 2. The number of hydrogen-bond acceptors (Lipinski definition) is 2. The average Bonchev–Trinajstić information content (AvgIpc) is 3.37. The number of hydrogen-bond donors (Lipinski definition) is 1. The molecule has 25 heavy (non-hydrogen) atoms. The fourth-order valence-corrected chi connectivity index (χ4v) is 3.40. The third kappa shape index (κ3) is 4.48. The maximum atomic E-state index is 12.5. The molecule has 2 amide bonds. The van der Waals surface area contributed by atoms with Gasteiger partial charge in [-0.15, -0.1) is 0 Å². The van der Waals surface area contributed by atoms with E-state index >= 15 is 0 Å². The number of carbonyl (C=O) groups is 2. The van der Waals surface area contributed by atoms with Crippen LogP contribution in [-0.4, -0.2) is 30.3 Å². The first kappa shape index (κ1) is 17.7. The predicted octanol–water partition coefficient (Wildman–Crippen LogP) is 3.96. The van der Waals surface area contributed by atoms with Gasteiger partial charge < -0.3 is 10.2 Å². The minimum atomic E-state index is -0.181. The molecule has 0 aromatic heterocycles. The van der Waals surface area contributed by atoms with Gasteiger partial charge in [-0.05, 0) is 49.1 Å². The van der Waals surface area contributed by atoms with Crippen molar-refractivity contribution in [1.29, 1.82) is 0 Å². The highest BCUT2D eigenvalue weighted by atomic mass is 79.9. The summed E-state index contributed by atoms with van der Waals surface area (Å²) in [5, 5.41) is 2.83. The summed E-state index contributed by atoms with van der Waals surface area (Å²) in [7, 11) is 1.69. The van der Waals surface area contributed by atoms with E-state index in [4.69, 9.17) is 0 Å². The standard InChI is InChI=1S/C20H21BrN2O2/c1-13-6-8-16(9-7-13)22-19(24)12-23(2)20(25)18-11-17(18)14-4-3-5-15(21)10-14/h3-10,17-18H,11-12H2,1-2H3,(H,22,24). The topological polar surface area (TPSA) is 49.4 Å². The second kappa shape index (κ2) is 7.40. The van der Waals surface area contributed by atoms with Gasteiger partial charge >= 0.3 is 0 Å². The monoisotopic (exact) mass is 400 g/mol. The molecule has 2 atom stereocenters. The number of aryl methyl sites for hydroxylation is 1. The first-order valence-corrected chi connectivity index (χ1v) is 9.10. The van der Waals surface area contributed by atoms with E-state index in [-0.39, 0.29) is 30.2 Å². The van der Waals surface area contributed by atoms with Gasteiger partial charge in [0.2, 0.25) is 11.8 Å². The SMILES string of the molecule is Cc1ccc(NC(=O)CN(C)C(=O)C2CC2c2cccc(Br)c2)cc1. The molecule has 1 N–H and O–H groups in total. The van der Waals surface area contributed by atoms with Crippen molar-refractivity contribution >= 4 is 33.4 Å². The summed E-state index contributed by atoms with van der Waals surface area (Å²) in [6.07, 6.45) is 0.846. The molecule has 0 aliphatic heterocycles. The summed E-state index contributed by atoms with van der Waals surface area (Å²) in [5.74, 6) is 0.0856. The van der Waals surface area contributed by atoms with E-state index in [0.29, 0.717) is 0 Å². The van der Waals surface area contributed by atoms with Crippen molar-refractivity contribution < 1.29 is 9.59 Å². The third-order valence-electron chi connectivity index (χ3n) is 4.48. The van der Waals surface area contributed by atoms with Crippen molar-refractivity contribution in [3.05, 3.63) is 64.1 Å². The van der Waals surface area contributed by atoms with Gasteiger partial charge in [0.25, 0.3) is 0 Å². The Hall–Kier alpha value is -2.14. The lowest BCUT2D eigenvalue weighted by atomic mass is 10.1. The predicted molar refractivity (Wildman–Crippen MR) is 102 cm³/mol. The number of halogens is 1. The Kier molecular flexibility index (Phi) is 5.23. The first-order valence-electron chi connectivity index (χ1n) is 8.31. The fourth-order valence-electron chi connectivity index (χ4n) is 2.99. The van der Waals surface area contributed by atoms with Crippen LogP contribution >= 0.6 is 15.9 Å². The molecular weight excluding hydrogens is 380 g/mol. The highest BCUT2D eigenvalue weighted by Crippen LogP contribution is 2.48. The highest BCUT2D eigenvalue weighted by molar-refractivity contribution is 9.10.